The second-order valence-electron chi connectivity index (χ2n) is 6.00. The molecule has 0 atom stereocenters. The Morgan fingerprint density at radius 1 is 1.24 bits per heavy atom. The molecule has 0 unspecified atom stereocenters. The molecule has 150 valence electrons. The molecule has 29 heavy (non-hydrogen) atoms. The summed E-state index contributed by atoms with van der Waals surface area (Å²) in [6.45, 7) is 4.27. The Morgan fingerprint density at radius 2 is 2.00 bits per heavy atom. The highest BCUT2D eigenvalue weighted by Crippen LogP contribution is 2.39. The lowest BCUT2D eigenvalue weighted by Gasteiger charge is -2.14. The molecule has 1 aliphatic rings. The van der Waals surface area contributed by atoms with Gasteiger partial charge in [0.2, 0.25) is 0 Å². The van der Waals surface area contributed by atoms with E-state index in [-0.39, 0.29) is 12.5 Å². The number of hydrogen-bond donors (Lipinski definition) is 0. The number of nitrogens with zero attached hydrogens (tertiary/aromatic N) is 1. The summed E-state index contributed by atoms with van der Waals surface area (Å²) in [4.78, 5) is 14.5. The maximum absolute atomic E-state index is 12.5. The molecule has 8 heteroatoms. The van der Waals surface area contributed by atoms with Crippen molar-refractivity contribution in [3.8, 4) is 11.5 Å². The highest BCUT2D eigenvalue weighted by molar-refractivity contribution is 8.26. The van der Waals surface area contributed by atoms with E-state index in [1.54, 1.807) is 30.4 Å². The predicted octanol–water partition coefficient (Wildman–Crippen LogP) is 5.97. The summed E-state index contributed by atoms with van der Waals surface area (Å²) in [7, 11) is 1.53. The van der Waals surface area contributed by atoms with Crippen LogP contribution in [0.4, 0.5) is 0 Å². The van der Waals surface area contributed by atoms with Crippen molar-refractivity contribution in [2.24, 2.45) is 0 Å². The van der Waals surface area contributed by atoms with Gasteiger partial charge in [-0.25, -0.2) is 0 Å². The number of amides is 1. The first-order chi connectivity index (χ1) is 13.9. The van der Waals surface area contributed by atoms with Crippen molar-refractivity contribution in [2.45, 2.75) is 6.61 Å². The first kappa shape index (κ1) is 21.7. The van der Waals surface area contributed by atoms with Gasteiger partial charge in [0.05, 0.1) is 17.0 Å². The SMILES string of the molecule is C=CCN1C(=O)C(=Cc2cc(Cl)c(OCc3ccccc3Cl)c(OC)c2)SC1=S. The number of halogens is 2. The van der Waals surface area contributed by atoms with Gasteiger partial charge in [-0.3, -0.25) is 9.69 Å². The van der Waals surface area contributed by atoms with E-state index in [9.17, 15) is 4.79 Å². The van der Waals surface area contributed by atoms with Gasteiger partial charge >= 0.3 is 0 Å². The lowest BCUT2D eigenvalue weighted by molar-refractivity contribution is -0.121. The summed E-state index contributed by atoms with van der Waals surface area (Å²) in [5.41, 5.74) is 1.54. The first-order valence-corrected chi connectivity index (χ1v) is 10.5. The molecule has 0 N–H and O–H groups in total. The van der Waals surface area contributed by atoms with Crippen LogP contribution in [0.2, 0.25) is 10.0 Å². The summed E-state index contributed by atoms with van der Waals surface area (Å²) in [6, 6.07) is 10.9. The van der Waals surface area contributed by atoms with Gasteiger partial charge in [-0.2, -0.15) is 0 Å². The minimum Gasteiger partial charge on any atom is -0.493 e. The monoisotopic (exact) mass is 465 g/mol. The zero-order valence-electron chi connectivity index (χ0n) is 15.5. The third-order valence-electron chi connectivity index (χ3n) is 4.06. The number of carbonyl (C=O) groups is 1. The van der Waals surface area contributed by atoms with E-state index in [1.807, 2.05) is 18.2 Å². The molecule has 0 bridgehead atoms. The van der Waals surface area contributed by atoms with Gasteiger partial charge in [0.25, 0.3) is 5.91 Å². The number of thioether (sulfide) groups is 1. The van der Waals surface area contributed by atoms with Gasteiger partial charge in [-0.15, -0.1) is 6.58 Å². The van der Waals surface area contributed by atoms with Crippen molar-refractivity contribution in [2.75, 3.05) is 13.7 Å². The Morgan fingerprint density at radius 3 is 2.69 bits per heavy atom. The fourth-order valence-corrected chi connectivity index (χ4v) is 4.41. The van der Waals surface area contributed by atoms with Crippen LogP contribution in [0.3, 0.4) is 0 Å². The van der Waals surface area contributed by atoms with Crippen molar-refractivity contribution < 1.29 is 14.3 Å². The highest BCUT2D eigenvalue weighted by Gasteiger charge is 2.31. The number of methoxy groups -OCH3 is 1. The van der Waals surface area contributed by atoms with E-state index in [0.717, 1.165) is 5.56 Å². The summed E-state index contributed by atoms with van der Waals surface area (Å²) in [6.07, 6.45) is 3.37. The molecule has 0 spiro atoms. The van der Waals surface area contributed by atoms with Crippen LogP contribution in [0.15, 0.2) is 54.0 Å². The summed E-state index contributed by atoms with van der Waals surface area (Å²) < 4.78 is 11.8. The molecule has 0 radical (unpaired) electrons. The maximum Gasteiger partial charge on any atom is 0.266 e. The van der Waals surface area contributed by atoms with Gasteiger partial charge in [-0.05, 0) is 29.8 Å². The van der Waals surface area contributed by atoms with Gasteiger partial charge in [0.15, 0.2) is 11.5 Å². The fraction of sp³-hybridized carbons (Fsp3) is 0.143. The topological polar surface area (TPSA) is 38.8 Å². The molecule has 0 saturated carbocycles. The number of rotatable bonds is 7. The van der Waals surface area contributed by atoms with Crippen molar-refractivity contribution in [3.63, 3.8) is 0 Å². The van der Waals surface area contributed by atoms with Crippen LogP contribution in [0.25, 0.3) is 6.08 Å². The molecule has 2 aromatic carbocycles. The molecular formula is C21H17Cl2NO3S2. The lowest BCUT2D eigenvalue weighted by Crippen LogP contribution is -2.27. The second kappa shape index (κ2) is 9.67. The van der Waals surface area contributed by atoms with Gasteiger partial charge in [0, 0.05) is 17.1 Å². The van der Waals surface area contributed by atoms with Crippen molar-refractivity contribution in [1.29, 1.82) is 0 Å². The Bertz CT molecular complexity index is 1010. The quantitative estimate of drug-likeness (QED) is 0.286. The van der Waals surface area contributed by atoms with Crippen LogP contribution >= 0.6 is 47.2 Å². The molecule has 2 aromatic rings. The third kappa shape index (κ3) is 4.95. The van der Waals surface area contributed by atoms with E-state index >= 15 is 0 Å². The third-order valence-corrected chi connectivity index (χ3v) is 6.09. The van der Waals surface area contributed by atoms with E-state index in [2.05, 4.69) is 6.58 Å². The molecule has 1 aliphatic heterocycles. The molecule has 1 fully saturated rings. The van der Waals surface area contributed by atoms with Crippen molar-refractivity contribution in [1.82, 2.24) is 4.90 Å². The predicted molar refractivity (Wildman–Crippen MR) is 124 cm³/mol. The average Bonchev–Trinajstić information content (AvgIpc) is 2.95. The molecule has 0 aromatic heterocycles. The smallest absolute Gasteiger partial charge is 0.266 e. The summed E-state index contributed by atoms with van der Waals surface area (Å²) >= 11 is 19.1. The minimum atomic E-state index is -0.158. The summed E-state index contributed by atoms with van der Waals surface area (Å²) in [5, 5.41) is 0.977. The van der Waals surface area contributed by atoms with E-state index in [0.29, 0.717) is 42.9 Å². The molecule has 1 saturated heterocycles. The fourth-order valence-electron chi connectivity index (χ4n) is 2.67. The van der Waals surface area contributed by atoms with Crippen LogP contribution < -0.4 is 9.47 Å². The molecular weight excluding hydrogens is 449 g/mol. The maximum atomic E-state index is 12.5. The number of carbonyl (C=O) groups excluding carboxylic acids is 1. The molecule has 0 aliphatic carbocycles. The zero-order chi connectivity index (χ0) is 21.0. The molecule has 3 rings (SSSR count). The van der Waals surface area contributed by atoms with E-state index in [4.69, 9.17) is 44.9 Å². The largest absolute Gasteiger partial charge is 0.493 e. The van der Waals surface area contributed by atoms with Crippen LogP contribution in [-0.2, 0) is 11.4 Å². The Labute approximate surface area is 189 Å². The highest BCUT2D eigenvalue weighted by atomic mass is 35.5. The first-order valence-electron chi connectivity index (χ1n) is 8.54. The van der Waals surface area contributed by atoms with Gasteiger partial charge in [-0.1, -0.05) is 71.5 Å². The molecule has 1 amide bonds. The number of hydrogen-bond acceptors (Lipinski definition) is 5. The molecule has 4 nitrogen and oxygen atoms in total. The summed E-state index contributed by atoms with van der Waals surface area (Å²) in [5.74, 6) is 0.705. The van der Waals surface area contributed by atoms with E-state index < -0.39 is 0 Å². The molecule has 1 heterocycles. The second-order valence-corrected chi connectivity index (χ2v) is 8.49. The van der Waals surface area contributed by atoms with Crippen LogP contribution in [-0.4, -0.2) is 28.8 Å². The van der Waals surface area contributed by atoms with E-state index in [1.165, 1.54) is 23.8 Å². The van der Waals surface area contributed by atoms with Gasteiger partial charge in [0.1, 0.15) is 10.9 Å². The Hall–Kier alpha value is -1.99. The Balaban J connectivity index is 1.85. The van der Waals surface area contributed by atoms with Crippen LogP contribution in [0.5, 0.6) is 11.5 Å². The van der Waals surface area contributed by atoms with Gasteiger partial charge < -0.3 is 9.47 Å². The zero-order valence-corrected chi connectivity index (χ0v) is 18.6. The Kier molecular flexibility index (Phi) is 7.24. The average molecular weight is 466 g/mol. The minimum absolute atomic E-state index is 0.158. The number of benzene rings is 2. The normalized spacial score (nSPS) is 15.1. The van der Waals surface area contributed by atoms with Crippen molar-refractivity contribution in [3.05, 3.63) is 75.1 Å². The number of thiocarbonyl (C=S) groups is 1. The lowest BCUT2D eigenvalue weighted by atomic mass is 10.1. The standard InChI is InChI=1S/C21H17Cl2NO3S2/c1-3-8-24-20(25)18(29-21(24)28)11-13-9-16(23)19(17(10-13)26-2)27-12-14-6-4-5-7-15(14)22/h3-7,9-11H,1,8,12H2,2H3. The van der Waals surface area contributed by atoms with Crippen molar-refractivity contribution >= 4 is 63.5 Å². The van der Waals surface area contributed by atoms with Crippen LogP contribution in [0, 0.1) is 0 Å². The number of ether oxygens (including phenoxy) is 2. The van der Waals surface area contributed by atoms with Crippen LogP contribution in [0.1, 0.15) is 11.1 Å².